The summed E-state index contributed by atoms with van der Waals surface area (Å²) in [6, 6.07) is 17.1. The summed E-state index contributed by atoms with van der Waals surface area (Å²) in [6.45, 7) is 1.32. The minimum Gasteiger partial charge on any atom is -0.339 e. The Morgan fingerprint density at radius 2 is 1.84 bits per heavy atom. The first-order valence-electron chi connectivity index (χ1n) is 15.2. The van der Waals surface area contributed by atoms with E-state index in [-0.39, 0.29) is 18.5 Å². The number of fused-ring (bicyclic) bond motifs is 1. The first-order chi connectivity index (χ1) is 21.7. The van der Waals surface area contributed by atoms with Crippen molar-refractivity contribution in [1.29, 1.82) is 0 Å². The van der Waals surface area contributed by atoms with Crippen LogP contribution in [-0.4, -0.2) is 73.0 Å². The van der Waals surface area contributed by atoms with Crippen LogP contribution < -0.4 is 5.32 Å². The molecule has 6 rings (SSSR count). The van der Waals surface area contributed by atoms with Crippen LogP contribution >= 0.6 is 0 Å². The maximum atomic E-state index is 13.5. The van der Waals surface area contributed by atoms with Crippen LogP contribution in [0.25, 0.3) is 11.2 Å². The number of hydrogen-bond acceptors (Lipinski definition) is 6. The number of nitrogens with zero attached hydrogens (tertiary/aromatic N) is 6. The van der Waals surface area contributed by atoms with Gasteiger partial charge in [-0.05, 0) is 79.8 Å². The number of carbonyl (C=O) groups is 2. The van der Waals surface area contributed by atoms with Crippen LogP contribution in [-0.2, 0) is 11.2 Å². The molecule has 0 bridgehead atoms. The van der Waals surface area contributed by atoms with E-state index in [9.17, 15) is 22.8 Å². The zero-order chi connectivity index (χ0) is 31.4. The fraction of sp³-hybridized carbons (Fsp3) is 0.364. The van der Waals surface area contributed by atoms with E-state index in [0.29, 0.717) is 30.1 Å². The average Bonchev–Trinajstić information content (AvgIpc) is 3.47. The normalized spacial score (nSPS) is 17.3. The number of hydrogen-bond donors (Lipinski definition) is 1. The number of alkyl halides is 3. The molecule has 0 aliphatic carbocycles. The zero-order valence-electron chi connectivity index (χ0n) is 24.7. The summed E-state index contributed by atoms with van der Waals surface area (Å²) in [4.78, 5) is 38.3. The SMILES string of the molecule is O=C(CCC(F)(F)F)N1CC=C(c2cccn3nc(Nc4ccc(C(=O)N5CCCCC5Cc5ccccn5)cc4)nc23)CC1. The summed E-state index contributed by atoms with van der Waals surface area (Å²) in [5, 5.41) is 7.77. The van der Waals surface area contributed by atoms with Crippen LogP contribution in [0.4, 0.5) is 24.8 Å². The van der Waals surface area contributed by atoms with E-state index in [0.717, 1.165) is 54.7 Å². The van der Waals surface area contributed by atoms with Crippen molar-refractivity contribution in [3.05, 3.63) is 89.9 Å². The molecular formula is C33H34F3N7O2. The van der Waals surface area contributed by atoms with Crippen molar-refractivity contribution in [2.24, 2.45) is 0 Å². The lowest BCUT2D eigenvalue weighted by Crippen LogP contribution is -2.45. The van der Waals surface area contributed by atoms with Gasteiger partial charge in [0.25, 0.3) is 5.91 Å². The third-order valence-electron chi connectivity index (χ3n) is 8.34. The van der Waals surface area contributed by atoms with E-state index in [1.54, 1.807) is 16.9 Å². The van der Waals surface area contributed by atoms with Gasteiger partial charge in [-0.25, -0.2) is 4.52 Å². The molecule has 1 fully saturated rings. The number of carbonyl (C=O) groups excluding carboxylic acids is 2. The first-order valence-corrected chi connectivity index (χ1v) is 15.2. The van der Waals surface area contributed by atoms with Gasteiger partial charge in [-0.2, -0.15) is 18.2 Å². The highest BCUT2D eigenvalue weighted by Crippen LogP contribution is 2.28. The standard InChI is InChI=1S/C33H34F3N7O2/c34-33(35,36)16-13-29(44)41-20-14-23(15-21-41)28-8-5-19-43-30(28)39-32(40-43)38-25-11-9-24(10-12-25)31(45)42-18-4-2-7-27(42)22-26-6-1-3-17-37-26/h1,3,5-6,8-12,14,17,19,27H,2,4,7,13,15-16,18,20-22H2,(H,38,40). The molecule has 4 aromatic rings. The van der Waals surface area contributed by atoms with Crippen LogP contribution in [0.3, 0.4) is 0 Å². The van der Waals surface area contributed by atoms with Gasteiger partial charge in [0.15, 0.2) is 5.65 Å². The summed E-state index contributed by atoms with van der Waals surface area (Å²) in [7, 11) is 0. The predicted octanol–water partition coefficient (Wildman–Crippen LogP) is 6.06. The molecule has 1 N–H and O–H groups in total. The molecular weight excluding hydrogens is 583 g/mol. The predicted molar refractivity (Wildman–Crippen MR) is 164 cm³/mol. The molecule has 12 heteroatoms. The zero-order valence-corrected chi connectivity index (χ0v) is 24.7. The van der Waals surface area contributed by atoms with Gasteiger partial charge in [-0.15, -0.1) is 5.10 Å². The van der Waals surface area contributed by atoms with Crippen LogP contribution in [0, 0.1) is 0 Å². The van der Waals surface area contributed by atoms with Gasteiger partial charge in [0.1, 0.15) is 0 Å². The van der Waals surface area contributed by atoms with Crippen LogP contribution in [0.2, 0.25) is 0 Å². The molecule has 45 heavy (non-hydrogen) atoms. The van der Waals surface area contributed by atoms with Gasteiger partial charge in [-0.1, -0.05) is 12.1 Å². The monoisotopic (exact) mass is 617 g/mol. The Hall–Kier alpha value is -4.74. The molecule has 2 aliphatic rings. The topological polar surface area (TPSA) is 95.7 Å². The van der Waals surface area contributed by atoms with E-state index < -0.39 is 24.9 Å². The number of aromatic nitrogens is 4. The Labute approximate surface area is 258 Å². The number of rotatable bonds is 8. The Morgan fingerprint density at radius 1 is 1.00 bits per heavy atom. The van der Waals surface area contributed by atoms with Crippen molar-refractivity contribution in [3.63, 3.8) is 0 Å². The Bertz CT molecular complexity index is 1690. The second-order valence-electron chi connectivity index (χ2n) is 11.4. The molecule has 5 heterocycles. The van der Waals surface area contributed by atoms with Crippen molar-refractivity contribution >= 4 is 34.7 Å². The average molecular weight is 618 g/mol. The number of halogens is 3. The lowest BCUT2D eigenvalue weighted by molar-refractivity contribution is -0.148. The van der Waals surface area contributed by atoms with Gasteiger partial charge in [0, 0.05) is 73.4 Å². The van der Waals surface area contributed by atoms with E-state index in [1.807, 2.05) is 65.6 Å². The Morgan fingerprint density at radius 3 is 2.58 bits per heavy atom. The fourth-order valence-corrected chi connectivity index (χ4v) is 5.99. The minimum atomic E-state index is -4.35. The summed E-state index contributed by atoms with van der Waals surface area (Å²) in [5.41, 5.74) is 4.77. The lowest BCUT2D eigenvalue weighted by atomic mass is 9.96. The highest BCUT2D eigenvalue weighted by molar-refractivity contribution is 5.95. The third-order valence-corrected chi connectivity index (χ3v) is 8.34. The maximum absolute atomic E-state index is 13.5. The Kier molecular flexibility index (Phi) is 8.81. The largest absolute Gasteiger partial charge is 0.389 e. The number of piperidine rings is 1. The third kappa shape index (κ3) is 7.33. The summed E-state index contributed by atoms with van der Waals surface area (Å²) >= 11 is 0. The summed E-state index contributed by atoms with van der Waals surface area (Å²) in [6.07, 6.45) is 3.72. The van der Waals surface area contributed by atoms with Crippen LogP contribution in [0.1, 0.15) is 60.1 Å². The van der Waals surface area contributed by atoms with Gasteiger partial charge < -0.3 is 15.1 Å². The number of likely N-dealkylation sites (tertiary alicyclic amines) is 1. The highest BCUT2D eigenvalue weighted by Gasteiger charge is 2.30. The van der Waals surface area contributed by atoms with E-state index >= 15 is 0 Å². The van der Waals surface area contributed by atoms with Crippen LogP contribution in [0.5, 0.6) is 0 Å². The smallest absolute Gasteiger partial charge is 0.339 e. The van der Waals surface area contributed by atoms with Crippen molar-refractivity contribution in [1.82, 2.24) is 29.4 Å². The van der Waals surface area contributed by atoms with Gasteiger partial charge in [0.05, 0.1) is 6.42 Å². The van der Waals surface area contributed by atoms with Crippen LogP contribution in [0.15, 0.2) is 73.1 Å². The molecule has 2 aliphatic heterocycles. The van der Waals surface area contributed by atoms with Gasteiger partial charge >= 0.3 is 6.18 Å². The molecule has 1 unspecified atom stereocenters. The summed E-state index contributed by atoms with van der Waals surface area (Å²) < 4.78 is 39.2. The molecule has 1 aromatic carbocycles. The van der Waals surface area contributed by atoms with Crippen molar-refractivity contribution in [3.8, 4) is 0 Å². The molecule has 9 nitrogen and oxygen atoms in total. The molecule has 0 saturated carbocycles. The van der Waals surface area contributed by atoms with Crippen molar-refractivity contribution in [2.75, 3.05) is 25.0 Å². The molecule has 1 atom stereocenters. The second kappa shape index (κ2) is 13.1. The molecule has 0 radical (unpaired) electrons. The number of pyridine rings is 2. The van der Waals surface area contributed by atoms with Crippen molar-refractivity contribution in [2.45, 2.75) is 57.2 Å². The second-order valence-corrected chi connectivity index (χ2v) is 11.4. The minimum absolute atomic E-state index is 0.0130. The van der Waals surface area contributed by atoms with Gasteiger partial charge in [-0.3, -0.25) is 14.6 Å². The van der Waals surface area contributed by atoms with E-state index in [4.69, 9.17) is 0 Å². The highest BCUT2D eigenvalue weighted by atomic mass is 19.4. The fourth-order valence-electron chi connectivity index (χ4n) is 5.99. The number of amides is 2. The number of nitrogens with one attached hydrogen (secondary N) is 1. The molecule has 0 spiro atoms. The Balaban J connectivity index is 1.11. The van der Waals surface area contributed by atoms with E-state index in [2.05, 4.69) is 20.4 Å². The molecule has 2 amide bonds. The summed E-state index contributed by atoms with van der Waals surface area (Å²) in [5.74, 6) is -0.102. The number of anilines is 2. The molecule has 234 valence electrons. The van der Waals surface area contributed by atoms with Gasteiger partial charge in [0.2, 0.25) is 11.9 Å². The number of benzene rings is 1. The lowest BCUT2D eigenvalue weighted by Gasteiger charge is -2.36. The maximum Gasteiger partial charge on any atom is 0.389 e. The van der Waals surface area contributed by atoms with E-state index in [1.165, 1.54) is 4.90 Å². The molecule has 3 aromatic heterocycles. The molecule has 1 saturated heterocycles. The first kappa shape index (κ1) is 30.3. The quantitative estimate of drug-likeness (QED) is 0.258. The van der Waals surface area contributed by atoms with Crippen molar-refractivity contribution < 1.29 is 22.8 Å².